The van der Waals surface area contributed by atoms with E-state index in [0.717, 1.165) is 0 Å². The van der Waals surface area contributed by atoms with Gasteiger partial charge in [-0.3, -0.25) is 4.79 Å². The summed E-state index contributed by atoms with van der Waals surface area (Å²) >= 11 is 5.99. The number of ether oxygens (including phenoxy) is 1. The van der Waals surface area contributed by atoms with Crippen molar-refractivity contribution in [3.05, 3.63) is 34.9 Å². The van der Waals surface area contributed by atoms with Gasteiger partial charge in [0.05, 0.1) is 35.6 Å². The summed E-state index contributed by atoms with van der Waals surface area (Å²) in [5.74, 6) is -0.666. The summed E-state index contributed by atoms with van der Waals surface area (Å²) in [5, 5.41) is 3.17. The van der Waals surface area contributed by atoms with Crippen LogP contribution in [0.5, 0.6) is 0 Å². The Hall–Kier alpha value is -1.15. The SMILES string of the molecule is CN(C)S(=O)(=O)C[C@@H]1COC[C@@H]1NC(=O)c1ccccc1Cl. The Bertz CT molecular complexity index is 648. The van der Waals surface area contributed by atoms with E-state index < -0.39 is 10.0 Å². The zero-order chi connectivity index (χ0) is 16.3. The number of carbonyl (C=O) groups is 1. The first-order valence-corrected chi connectivity index (χ1v) is 8.83. The van der Waals surface area contributed by atoms with E-state index in [9.17, 15) is 13.2 Å². The van der Waals surface area contributed by atoms with Gasteiger partial charge in [0.2, 0.25) is 10.0 Å². The number of nitrogens with one attached hydrogen (secondary N) is 1. The van der Waals surface area contributed by atoms with Crippen molar-refractivity contribution in [1.29, 1.82) is 0 Å². The molecule has 1 amide bonds. The zero-order valence-corrected chi connectivity index (χ0v) is 14.0. The summed E-state index contributed by atoms with van der Waals surface area (Å²) in [7, 11) is -0.370. The number of hydrogen-bond acceptors (Lipinski definition) is 4. The van der Waals surface area contributed by atoms with Crippen LogP contribution in [0.2, 0.25) is 5.02 Å². The number of rotatable bonds is 5. The van der Waals surface area contributed by atoms with Crippen LogP contribution >= 0.6 is 11.6 Å². The second-order valence-corrected chi connectivity index (χ2v) is 8.05. The first kappa shape index (κ1) is 17.2. The molecule has 1 saturated heterocycles. The fourth-order valence-electron chi connectivity index (χ4n) is 2.23. The van der Waals surface area contributed by atoms with Crippen molar-refractivity contribution in [2.24, 2.45) is 5.92 Å². The molecule has 1 fully saturated rings. The van der Waals surface area contributed by atoms with Crippen molar-refractivity contribution in [1.82, 2.24) is 9.62 Å². The molecular formula is C14H19ClN2O4S. The first-order chi connectivity index (χ1) is 10.3. The van der Waals surface area contributed by atoms with E-state index >= 15 is 0 Å². The van der Waals surface area contributed by atoms with Crippen molar-refractivity contribution < 1.29 is 17.9 Å². The summed E-state index contributed by atoms with van der Waals surface area (Å²) in [6.45, 7) is 0.602. The van der Waals surface area contributed by atoms with Gasteiger partial charge >= 0.3 is 0 Å². The topological polar surface area (TPSA) is 75.7 Å². The van der Waals surface area contributed by atoms with Crippen LogP contribution in [0.1, 0.15) is 10.4 Å². The minimum Gasteiger partial charge on any atom is -0.379 e. The molecule has 0 aliphatic carbocycles. The second-order valence-electron chi connectivity index (χ2n) is 5.42. The number of benzene rings is 1. The van der Waals surface area contributed by atoms with Crippen LogP contribution in [-0.2, 0) is 14.8 Å². The van der Waals surface area contributed by atoms with Crippen molar-refractivity contribution in [3.8, 4) is 0 Å². The minimum absolute atomic E-state index is 0.0620. The van der Waals surface area contributed by atoms with Gasteiger partial charge in [-0.25, -0.2) is 12.7 Å². The van der Waals surface area contributed by atoms with Gasteiger partial charge in [-0.15, -0.1) is 0 Å². The van der Waals surface area contributed by atoms with Gasteiger partial charge in [0.25, 0.3) is 5.91 Å². The predicted molar refractivity (Wildman–Crippen MR) is 84.5 cm³/mol. The average Bonchev–Trinajstić information content (AvgIpc) is 2.85. The molecule has 6 nitrogen and oxygen atoms in total. The fraction of sp³-hybridized carbons (Fsp3) is 0.500. The van der Waals surface area contributed by atoms with E-state index in [0.29, 0.717) is 23.8 Å². The lowest BCUT2D eigenvalue weighted by Gasteiger charge is -2.21. The smallest absolute Gasteiger partial charge is 0.253 e. The van der Waals surface area contributed by atoms with Crippen molar-refractivity contribution in [2.45, 2.75) is 6.04 Å². The Morgan fingerprint density at radius 1 is 1.36 bits per heavy atom. The van der Waals surface area contributed by atoms with Gasteiger partial charge in [0.15, 0.2) is 0 Å². The van der Waals surface area contributed by atoms with E-state index in [1.807, 2.05) is 0 Å². The molecule has 1 N–H and O–H groups in total. The van der Waals surface area contributed by atoms with E-state index in [-0.39, 0.29) is 23.6 Å². The Kier molecular flexibility index (Phi) is 5.44. The molecule has 0 aromatic heterocycles. The van der Waals surface area contributed by atoms with E-state index in [4.69, 9.17) is 16.3 Å². The average molecular weight is 347 g/mol. The van der Waals surface area contributed by atoms with Gasteiger partial charge < -0.3 is 10.1 Å². The van der Waals surface area contributed by atoms with Crippen LogP contribution in [-0.4, -0.2) is 57.7 Å². The molecule has 0 saturated carbocycles. The molecule has 1 aliphatic heterocycles. The summed E-state index contributed by atoms with van der Waals surface area (Å²) < 4.78 is 30.5. The summed E-state index contributed by atoms with van der Waals surface area (Å²) in [4.78, 5) is 12.3. The lowest BCUT2D eigenvalue weighted by atomic mass is 10.1. The number of nitrogens with zero attached hydrogens (tertiary/aromatic N) is 1. The Labute approximate surface area is 135 Å². The van der Waals surface area contributed by atoms with Crippen molar-refractivity contribution >= 4 is 27.5 Å². The molecule has 1 aliphatic rings. The van der Waals surface area contributed by atoms with Crippen LogP contribution in [0.15, 0.2) is 24.3 Å². The Morgan fingerprint density at radius 3 is 2.68 bits per heavy atom. The Morgan fingerprint density at radius 2 is 2.05 bits per heavy atom. The van der Waals surface area contributed by atoms with E-state index in [2.05, 4.69) is 5.32 Å². The van der Waals surface area contributed by atoms with Gasteiger partial charge in [-0.05, 0) is 12.1 Å². The Balaban J connectivity index is 2.06. The van der Waals surface area contributed by atoms with Crippen LogP contribution in [0.3, 0.4) is 0 Å². The maximum Gasteiger partial charge on any atom is 0.253 e. The number of carbonyl (C=O) groups excluding carboxylic acids is 1. The minimum atomic E-state index is -3.35. The molecule has 1 heterocycles. The molecule has 0 unspecified atom stereocenters. The first-order valence-electron chi connectivity index (χ1n) is 6.84. The predicted octanol–water partition coefficient (Wildman–Crippen LogP) is 0.976. The highest BCUT2D eigenvalue weighted by Crippen LogP contribution is 2.19. The van der Waals surface area contributed by atoms with Gasteiger partial charge in [0.1, 0.15) is 0 Å². The van der Waals surface area contributed by atoms with Gasteiger partial charge in [-0.1, -0.05) is 23.7 Å². The number of amides is 1. The van der Waals surface area contributed by atoms with Crippen LogP contribution in [0, 0.1) is 5.92 Å². The van der Waals surface area contributed by atoms with E-state index in [1.54, 1.807) is 24.3 Å². The molecule has 2 rings (SSSR count). The highest BCUT2D eigenvalue weighted by molar-refractivity contribution is 7.89. The van der Waals surface area contributed by atoms with Crippen LogP contribution in [0.25, 0.3) is 0 Å². The van der Waals surface area contributed by atoms with Crippen LogP contribution < -0.4 is 5.32 Å². The molecule has 0 spiro atoms. The molecule has 0 radical (unpaired) electrons. The molecule has 1 aromatic rings. The lowest BCUT2D eigenvalue weighted by molar-refractivity contribution is 0.0926. The maximum atomic E-state index is 12.3. The molecule has 2 atom stereocenters. The highest BCUT2D eigenvalue weighted by Gasteiger charge is 2.34. The standard InChI is InChI=1S/C14H19ClN2O4S/c1-17(2)22(19,20)9-10-7-21-8-13(10)16-14(18)11-5-3-4-6-12(11)15/h3-6,10,13H,7-9H2,1-2H3,(H,16,18)/t10-,13-/m0/s1. The fourth-order valence-corrected chi connectivity index (χ4v) is 3.62. The highest BCUT2D eigenvalue weighted by atomic mass is 35.5. The molecule has 122 valence electrons. The largest absolute Gasteiger partial charge is 0.379 e. The van der Waals surface area contributed by atoms with E-state index in [1.165, 1.54) is 18.4 Å². The normalized spacial score (nSPS) is 22.0. The monoisotopic (exact) mass is 346 g/mol. The summed E-state index contributed by atoms with van der Waals surface area (Å²) in [6.07, 6.45) is 0. The quantitative estimate of drug-likeness (QED) is 0.862. The lowest BCUT2D eigenvalue weighted by Crippen LogP contribution is -2.43. The maximum absolute atomic E-state index is 12.3. The molecule has 1 aromatic carbocycles. The van der Waals surface area contributed by atoms with Gasteiger partial charge in [-0.2, -0.15) is 0 Å². The van der Waals surface area contributed by atoms with Crippen molar-refractivity contribution in [2.75, 3.05) is 33.1 Å². The van der Waals surface area contributed by atoms with Crippen LogP contribution in [0.4, 0.5) is 0 Å². The summed E-state index contributed by atoms with van der Waals surface area (Å²) in [6, 6.07) is 6.37. The van der Waals surface area contributed by atoms with Crippen molar-refractivity contribution in [3.63, 3.8) is 0 Å². The zero-order valence-electron chi connectivity index (χ0n) is 12.5. The number of sulfonamides is 1. The second kappa shape index (κ2) is 6.95. The number of halogens is 1. The third kappa shape index (κ3) is 3.98. The third-order valence-electron chi connectivity index (χ3n) is 3.61. The van der Waals surface area contributed by atoms with Gasteiger partial charge in [0, 0.05) is 20.0 Å². The third-order valence-corrected chi connectivity index (χ3v) is 5.91. The summed E-state index contributed by atoms with van der Waals surface area (Å²) in [5.41, 5.74) is 0.366. The molecule has 0 bridgehead atoms. The molecule has 22 heavy (non-hydrogen) atoms. The molecule has 8 heteroatoms. The molecular weight excluding hydrogens is 328 g/mol. The number of hydrogen-bond donors (Lipinski definition) is 1.